The van der Waals surface area contributed by atoms with E-state index in [1.54, 1.807) is 12.3 Å². The van der Waals surface area contributed by atoms with Crippen molar-refractivity contribution in [1.29, 1.82) is 0 Å². The maximum absolute atomic E-state index is 5.67. The molecule has 1 aromatic heterocycles. The Balaban J connectivity index is 2.17. The normalized spacial score (nSPS) is 15.4. The van der Waals surface area contributed by atoms with Crippen LogP contribution in [0.25, 0.3) is 0 Å². The predicted molar refractivity (Wildman–Crippen MR) is 58.1 cm³/mol. The van der Waals surface area contributed by atoms with Crippen LogP contribution < -0.4 is 15.2 Å². The number of ether oxygens (including phenoxy) is 2. The molecule has 4 heteroatoms. The quantitative estimate of drug-likeness (QED) is 0.822. The Bertz CT molecular complexity index is 348. The average Bonchev–Trinajstić information content (AvgIpc) is 2.93. The van der Waals surface area contributed by atoms with Crippen molar-refractivity contribution in [1.82, 2.24) is 4.98 Å². The molecule has 2 N–H and O–H groups in total. The highest BCUT2D eigenvalue weighted by atomic mass is 16.5. The first-order valence-electron chi connectivity index (χ1n) is 5.24. The van der Waals surface area contributed by atoms with Gasteiger partial charge in [-0.25, -0.2) is 4.98 Å². The zero-order valence-corrected chi connectivity index (χ0v) is 9.06. The fourth-order valence-corrected chi connectivity index (χ4v) is 1.21. The van der Waals surface area contributed by atoms with Crippen molar-refractivity contribution in [2.45, 2.75) is 38.9 Å². The average molecular weight is 208 g/mol. The van der Waals surface area contributed by atoms with Crippen molar-refractivity contribution in [3.05, 3.63) is 12.3 Å². The number of pyridine rings is 1. The molecule has 0 aliphatic heterocycles. The highest BCUT2D eigenvalue weighted by Crippen LogP contribution is 2.33. The summed E-state index contributed by atoms with van der Waals surface area (Å²) in [6.07, 6.45) is 4.20. The van der Waals surface area contributed by atoms with Gasteiger partial charge in [-0.15, -0.1) is 0 Å². The van der Waals surface area contributed by atoms with Gasteiger partial charge in [0.05, 0.1) is 24.1 Å². The first kappa shape index (κ1) is 10.1. The lowest BCUT2D eigenvalue weighted by molar-refractivity contribution is 0.208. The van der Waals surface area contributed by atoms with E-state index in [2.05, 4.69) is 4.98 Å². The first-order valence-corrected chi connectivity index (χ1v) is 5.24. The van der Waals surface area contributed by atoms with Crippen LogP contribution in [0.15, 0.2) is 12.3 Å². The monoisotopic (exact) mass is 208 g/mol. The number of hydrogen-bond acceptors (Lipinski definition) is 4. The Morgan fingerprint density at radius 3 is 2.80 bits per heavy atom. The zero-order valence-electron chi connectivity index (χ0n) is 9.06. The minimum atomic E-state index is 0.0858. The molecular weight excluding hydrogens is 192 g/mol. The molecule has 0 bridgehead atoms. The molecule has 0 unspecified atom stereocenters. The summed E-state index contributed by atoms with van der Waals surface area (Å²) in [6.45, 7) is 3.91. The van der Waals surface area contributed by atoms with Crippen molar-refractivity contribution in [2.75, 3.05) is 5.73 Å². The van der Waals surface area contributed by atoms with Gasteiger partial charge < -0.3 is 15.2 Å². The smallest absolute Gasteiger partial charge is 0.257 e. The van der Waals surface area contributed by atoms with Gasteiger partial charge in [-0.2, -0.15) is 0 Å². The highest BCUT2D eigenvalue weighted by Gasteiger charge is 2.25. The second-order valence-corrected chi connectivity index (χ2v) is 4.06. The van der Waals surface area contributed by atoms with E-state index in [1.165, 1.54) is 0 Å². The maximum atomic E-state index is 5.67. The Hall–Kier alpha value is -1.45. The Kier molecular flexibility index (Phi) is 2.66. The molecule has 1 aliphatic carbocycles. The van der Waals surface area contributed by atoms with Crippen LogP contribution in [0.1, 0.15) is 26.7 Å². The molecule has 0 saturated heterocycles. The number of nitrogen functional groups attached to an aromatic ring is 1. The number of nitrogens with zero attached hydrogens (tertiary/aromatic N) is 1. The summed E-state index contributed by atoms with van der Waals surface area (Å²) < 4.78 is 11.2. The van der Waals surface area contributed by atoms with Gasteiger partial charge in [0.25, 0.3) is 5.88 Å². The third-order valence-electron chi connectivity index (χ3n) is 2.00. The van der Waals surface area contributed by atoms with Crippen LogP contribution in [-0.4, -0.2) is 17.2 Å². The standard InChI is InChI=1S/C11H16N2O2/c1-7(2)14-11-10(15-9-3-4-9)5-8(12)6-13-11/h5-7,9H,3-4,12H2,1-2H3. The van der Waals surface area contributed by atoms with E-state index >= 15 is 0 Å². The van der Waals surface area contributed by atoms with Crippen LogP contribution in [-0.2, 0) is 0 Å². The highest BCUT2D eigenvalue weighted by molar-refractivity contribution is 5.47. The molecule has 0 atom stereocenters. The van der Waals surface area contributed by atoms with Gasteiger partial charge in [0.1, 0.15) is 0 Å². The van der Waals surface area contributed by atoms with Gasteiger partial charge in [0, 0.05) is 6.07 Å². The van der Waals surface area contributed by atoms with E-state index < -0.39 is 0 Å². The molecule has 15 heavy (non-hydrogen) atoms. The molecule has 1 fully saturated rings. The number of hydrogen-bond donors (Lipinski definition) is 1. The Labute approximate surface area is 89.4 Å². The molecule has 0 radical (unpaired) electrons. The van der Waals surface area contributed by atoms with Crippen LogP contribution in [0.3, 0.4) is 0 Å². The lowest BCUT2D eigenvalue weighted by Crippen LogP contribution is -2.09. The lowest BCUT2D eigenvalue weighted by atomic mass is 10.4. The van der Waals surface area contributed by atoms with E-state index in [0.29, 0.717) is 23.4 Å². The number of aromatic nitrogens is 1. The molecule has 1 aromatic rings. The van der Waals surface area contributed by atoms with E-state index in [4.69, 9.17) is 15.2 Å². The molecule has 0 spiro atoms. The topological polar surface area (TPSA) is 57.4 Å². The van der Waals surface area contributed by atoms with E-state index in [-0.39, 0.29) is 6.10 Å². The summed E-state index contributed by atoms with van der Waals surface area (Å²) >= 11 is 0. The Morgan fingerprint density at radius 2 is 2.20 bits per heavy atom. The minimum absolute atomic E-state index is 0.0858. The van der Waals surface area contributed by atoms with Crippen molar-refractivity contribution in [2.24, 2.45) is 0 Å². The van der Waals surface area contributed by atoms with E-state index in [1.807, 2.05) is 13.8 Å². The van der Waals surface area contributed by atoms with Gasteiger partial charge >= 0.3 is 0 Å². The lowest BCUT2D eigenvalue weighted by Gasteiger charge is -2.13. The van der Waals surface area contributed by atoms with Crippen LogP contribution in [0.5, 0.6) is 11.6 Å². The second kappa shape index (κ2) is 3.96. The second-order valence-electron chi connectivity index (χ2n) is 4.06. The fourth-order valence-electron chi connectivity index (χ4n) is 1.21. The molecule has 1 heterocycles. The zero-order chi connectivity index (χ0) is 10.8. The van der Waals surface area contributed by atoms with E-state index in [0.717, 1.165) is 12.8 Å². The molecule has 1 aliphatic rings. The summed E-state index contributed by atoms with van der Waals surface area (Å²) in [6, 6.07) is 1.77. The van der Waals surface area contributed by atoms with Crippen molar-refractivity contribution >= 4 is 5.69 Å². The predicted octanol–water partition coefficient (Wildman–Crippen LogP) is 1.99. The molecule has 4 nitrogen and oxygen atoms in total. The van der Waals surface area contributed by atoms with Gasteiger partial charge in [-0.3, -0.25) is 0 Å². The summed E-state index contributed by atoms with van der Waals surface area (Å²) in [5.41, 5.74) is 6.26. The van der Waals surface area contributed by atoms with Gasteiger partial charge in [-0.1, -0.05) is 0 Å². The number of anilines is 1. The largest absolute Gasteiger partial charge is 0.485 e. The molecule has 0 amide bonds. The van der Waals surface area contributed by atoms with Crippen LogP contribution in [0.2, 0.25) is 0 Å². The maximum Gasteiger partial charge on any atom is 0.257 e. The van der Waals surface area contributed by atoms with Crippen molar-refractivity contribution < 1.29 is 9.47 Å². The number of rotatable bonds is 4. The van der Waals surface area contributed by atoms with Gasteiger partial charge in [-0.05, 0) is 26.7 Å². The van der Waals surface area contributed by atoms with Crippen molar-refractivity contribution in [3.8, 4) is 11.6 Å². The van der Waals surface area contributed by atoms with Gasteiger partial charge in [0.2, 0.25) is 0 Å². The minimum Gasteiger partial charge on any atom is -0.485 e. The van der Waals surface area contributed by atoms with Crippen LogP contribution in [0, 0.1) is 0 Å². The van der Waals surface area contributed by atoms with Crippen molar-refractivity contribution in [3.63, 3.8) is 0 Å². The molecule has 82 valence electrons. The summed E-state index contributed by atoms with van der Waals surface area (Å²) in [5.74, 6) is 1.19. The van der Waals surface area contributed by atoms with Gasteiger partial charge in [0.15, 0.2) is 5.75 Å². The van der Waals surface area contributed by atoms with Crippen LogP contribution in [0.4, 0.5) is 5.69 Å². The summed E-state index contributed by atoms with van der Waals surface area (Å²) in [7, 11) is 0. The third-order valence-corrected chi connectivity index (χ3v) is 2.00. The fraction of sp³-hybridized carbons (Fsp3) is 0.545. The third kappa shape index (κ3) is 2.75. The summed E-state index contributed by atoms with van der Waals surface area (Å²) in [4.78, 5) is 4.13. The number of nitrogens with two attached hydrogens (primary N) is 1. The Morgan fingerprint density at radius 1 is 1.47 bits per heavy atom. The molecule has 0 aromatic carbocycles. The SMILES string of the molecule is CC(C)Oc1ncc(N)cc1OC1CC1. The molecular formula is C11H16N2O2. The van der Waals surface area contributed by atoms with E-state index in [9.17, 15) is 0 Å². The van der Waals surface area contributed by atoms with Crippen LogP contribution >= 0.6 is 0 Å². The molecule has 1 saturated carbocycles. The summed E-state index contributed by atoms with van der Waals surface area (Å²) in [5, 5.41) is 0. The molecule has 2 rings (SSSR count). The first-order chi connectivity index (χ1) is 7.15.